The Kier molecular flexibility index (Phi) is 15.5. The third-order valence-electron chi connectivity index (χ3n) is 1.16. The molecular formula is C8H15Cl2CoO2. The molecule has 1 N–H and O–H groups in total. The third kappa shape index (κ3) is 19.1. The van der Waals surface area contributed by atoms with Gasteiger partial charge in [-0.3, -0.25) is 0 Å². The van der Waals surface area contributed by atoms with E-state index in [0.717, 1.165) is 5.36 Å². The van der Waals surface area contributed by atoms with E-state index in [1.165, 1.54) is 25.7 Å². The summed E-state index contributed by atoms with van der Waals surface area (Å²) in [5, 5.41) is 8.78. The molecule has 0 amide bonds. The summed E-state index contributed by atoms with van der Waals surface area (Å²) in [7, 11) is 0. The summed E-state index contributed by atoms with van der Waals surface area (Å²) in [5.41, 5.74) is 0. The van der Waals surface area contributed by atoms with Gasteiger partial charge in [-0.2, -0.15) is 0 Å². The molecule has 0 saturated carbocycles. The van der Waals surface area contributed by atoms with E-state index in [1.807, 2.05) is 0 Å². The van der Waals surface area contributed by atoms with Crippen LogP contribution in [0.5, 0.6) is 0 Å². The van der Waals surface area contributed by atoms with E-state index in [9.17, 15) is 4.79 Å². The Labute approximate surface area is 97.6 Å². The number of hydrogen-bond acceptors (Lipinski definition) is 1. The summed E-state index contributed by atoms with van der Waals surface area (Å²) in [6, 6.07) is 0. The van der Waals surface area contributed by atoms with Gasteiger partial charge in [0.1, 0.15) is 0 Å². The van der Waals surface area contributed by atoms with Crippen LogP contribution in [0.3, 0.4) is 0 Å². The van der Waals surface area contributed by atoms with Crippen LogP contribution in [0.2, 0.25) is 5.36 Å². The Morgan fingerprint density at radius 2 is 1.85 bits per heavy atom. The van der Waals surface area contributed by atoms with Crippen molar-refractivity contribution >= 4 is 29.2 Å². The summed E-state index contributed by atoms with van der Waals surface area (Å²) in [4.78, 5) is 8.15. The molecule has 5 heteroatoms. The molecule has 0 aliphatic rings. The predicted octanol–water partition coefficient (Wildman–Crippen LogP) is 3.41. The monoisotopic (exact) mass is 272 g/mol. The molecule has 0 saturated heterocycles. The van der Waals surface area contributed by atoms with E-state index < -0.39 is 10.8 Å². The van der Waals surface area contributed by atoms with E-state index in [-0.39, 0.29) is 0 Å². The normalized spacial score (nSPS) is 9.38. The number of unbranched alkanes of at least 4 members (excludes halogenated alkanes) is 3. The molecule has 0 aromatic carbocycles. The van der Waals surface area contributed by atoms with Crippen LogP contribution in [-0.2, 0) is 20.5 Å². The fourth-order valence-corrected chi connectivity index (χ4v) is 0.770. The quantitative estimate of drug-likeness (QED) is 0.615. The Morgan fingerprint density at radius 3 is 2.08 bits per heavy atom. The first-order valence-electron chi connectivity index (χ1n) is 4.10. The Bertz CT molecular complexity index is 117. The number of hydrogen-bond donors (Lipinski definition) is 1. The van der Waals surface area contributed by atoms with Gasteiger partial charge in [-0.05, 0) is 0 Å². The van der Waals surface area contributed by atoms with Crippen molar-refractivity contribution in [3.8, 4) is 0 Å². The zero-order chi connectivity index (χ0) is 10.7. The maximum absolute atomic E-state index is 9.44. The van der Waals surface area contributed by atoms with Gasteiger partial charge in [0.15, 0.2) is 0 Å². The van der Waals surface area contributed by atoms with Crippen LogP contribution >= 0.6 is 23.2 Å². The minimum absolute atomic E-state index is 1.05. The van der Waals surface area contributed by atoms with Crippen molar-refractivity contribution in [2.24, 2.45) is 0 Å². The summed E-state index contributed by atoms with van der Waals surface area (Å²) in [6.45, 7) is 2.22. The number of alkyl halides is 2. The summed E-state index contributed by atoms with van der Waals surface area (Å²) in [5.74, 6) is -1.21. The second kappa shape index (κ2) is 12.6. The van der Waals surface area contributed by atoms with Gasteiger partial charge in [0, 0.05) is 0 Å². The van der Waals surface area contributed by atoms with Crippen LogP contribution in [0.25, 0.3) is 0 Å². The number of halogens is 2. The van der Waals surface area contributed by atoms with Gasteiger partial charge in [0.05, 0.1) is 0 Å². The standard InChI is InChI=1S/C6H13.C2H2Cl2O2.Co/c1-3-5-6-4-2;3-1(4)2(5)6;/h1,3-6H2,2H3;1H,(H,5,6);. The molecular weight excluding hydrogens is 258 g/mol. The fraction of sp³-hybridized carbons (Fsp3) is 0.875. The largest absolute Gasteiger partial charge is 0.479 e. The second-order valence-corrected chi connectivity index (χ2v) is 3.98. The first-order chi connectivity index (χ1) is 6.06. The fourth-order valence-electron chi connectivity index (χ4n) is 0.510. The van der Waals surface area contributed by atoms with Gasteiger partial charge in [-0.1, -0.05) is 23.2 Å². The number of carboxylic acid groups (broad SMARTS) is 1. The maximum Gasteiger partial charge on any atom is 0.337 e. The molecule has 0 heterocycles. The molecule has 0 aliphatic heterocycles. The Balaban J connectivity index is 0. The van der Waals surface area contributed by atoms with Gasteiger partial charge in [-0.25, -0.2) is 4.79 Å². The first-order valence-corrected chi connectivity index (χ1v) is 5.70. The molecule has 0 bridgehead atoms. The molecule has 0 aromatic rings. The van der Waals surface area contributed by atoms with Crippen LogP contribution in [0.4, 0.5) is 0 Å². The molecule has 0 aromatic heterocycles. The molecule has 0 aliphatic carbocycles. The van der Waals surface area contributed by atoms with E-state index in [1.54, 1.807) is 0 Å². The molecule has 0 radical (unpaired) electrons. The van der Waals surface area contributed by atoms with E-state index in [4.69, 9.17) is 28.3 Å². The first kappa shape index (κ1) is 16.0. The number of rotatable bonds is 5. The molecule has 0 unspecified atom stereocenters. The van der Waals surface area contributed by atoms with Crippen molar-refractivity contribution in [1.82, 2.24) is 0 Å². The van der Waals surface area contributed by atoms with Crippen molar-refractivity contribution in [3.05, 3.63) is 0 Å². The second-order valence-electron chi connectivity index (χ2n) is 2.37. The van der Waals surface area contributed by atoms with E-state index in [0.29, 0.717) is 0 Å². The van der Waals surface area contributed by atoms with E-state index >= 15 is 0 Å². The molecule has 82 valence electrons. The minimum atomic E-state index is -1.29. The molecule has 0 atom stereocenters. The van der Waals surface area contributed by atoms with Crippen molar-refractivity contribution in [2.75, 3.05) is 0 Å². The van der Waals surface area contributed by atoms with Crippen LogP contribution in [0, 0.1) is 0 Å². The van der Waals surface area contributed by atoms with Crippen molar-refractivity contribution in [3.63, 3.8) is 0 Å². The average molecular weight is 273 g/mol. The topological polar surface area (TPSA) is 37.3 Å². The van der Waals surface area contributed by atoms with Gasteiger partial charge in [0.2, 0.25) is 4.84 Å². The number of carbonyl (C=O) groups is 1. The van der Waals surface area contributed by atoms with Crippen LogP contribution in [0.15, 0.2) is 0 Å². The minimum Gasteiger partial charge on any atom is -0.479 e. The zero-order valence-electron chi connectivity index (χ0n) is 7.56. The van der Waals surface area contributed by atoms with Crippen LogP contribution in [0.1, 0.15) is 32.6 Å². The molecule has 13 heavy (non-hydrogen) atoms. The van der Waals surface area contributed by atoms with Gasteiger partial charge >= 0.3 is 59.7 Å². The van der Waals surface area contributed by atoms with Crippen LogP contribution in [-0.4, -0.2) is 15.9 Å². The Morgan fingerprint density at radius 1 is 1.38 bits per heavy atom. The van der Waals surface area contributed by atoms with Gasteiger partial charge in [0.25, 0.3) is 0 Å². The zero-order valence-corrected chi connectivity index (χ0v) is 10.1. The van der Waals surface area contributed by atoms with Gasteiger partial charge in [-0.15, -0.1) is 0 Å². The van der Waals surface area contributed by atoms with Crippen molar-refractivity contribution < 1.29 is 25.6 Å². The number of carboxylic acids is 1. The summed E-state index contributed by atoms with van der Waals surface area (Å²) >= 11 is 13.7. The smallest absolute Gasteiger partial charge is 0.337 e. The SMILES string of the molecule is CCCCC[CH2][Co].O=C(O)C(Cl)Cl. The van der Waals surface area contributed by atoms with Gasteiger partial charge < -0.3 is 5.11 Å². The Hall–Kier alpha value is 0.556. The predicted molar refractivity (Wildman–Crippen MR) is 52.1 cm³/mol. The molecule has 0 rings (SSSR count). The summed E-state index contributed by atoms with van der Waals surface area (Å²) in [6.07, 6.45) is 5.35. The maximum atomic E-state index is 9.44. The molecule has 0 fully saturated rings. The summed E-state index contributed by atoms with van der Waals surface area (Å²) < 4.78 is 0. The van der Waals surface area contributed by atoms with Crippen molar-refractivity contribution in [1.29, 1.82) is 0 Å². The molecule has 2 nitrogen and oxygen atoms in total. The van der Waals surface area contributed by atoms with Crippen LogP contribution < -0.4 is 0 Å². The van der Waals surface area contributed by atoms with E-state index in [2.05, 4.69) is 22.7 Å². The average Bonchev–Trinajstić information content (AvgIpc) is 2.06. The molecule has 0 spiro atoms. The third-order valence-corrected chi connectivity index (χ3v) is 1.90. The number of aliphatic carboxylic acids is 1. The van der Waals surface area contributed by atoms with Crippen molar-refractivity contribution in [2.45, 2.75) is 42.8 Å².